The molecule has 1 atom stereocenters. The van der Waals surface area contributed by atoms with Gasteiger partial charge in [0, 0.05) is 22.3 Å². The molecule has 7 heteroatoms. The molecule has 0 saturated heterocycles. The first-order valence-electron chi connectivity index (χ1n) is 8.95. The van der Waals surface area contributed by atoms with Crippen LogP contribution >= 0.6 is 39.0 Å². The lowest BCUT2D eigenvalue weighted by molar-refractivity contribution is -0.107. The van der Waals surface area contributed by atoms with Crippen molar-refractivity contribution in [3.8, 4) is 11.3 Å². The number of hydrogen-bond donors (Lipinski definition) is 1. The monoisotopic (exact) mass is 471 g/mol. The Hall–Kier alpha value is -1.80. The molecule has 2 aromatic heterocycles. The number of halogens is 1. The van der Waals surface area contributed by atoms with Crippen LogP contribution in [-0.2, 0) is 11.2 Å². The summed E-state index contributed by atoms with van der Waals surface area (Å²) in [5, 5.41) is 6.45. The van der Waals surface area contributed by atoms with Gasteiger partial charge in [0.25, 0.3) is 0 Å². The molecule has 3 aromatic rings. The molecule has 0 saturated carbocycles. The van der Waals surface area contributed by atoms with Gasteiger partial charge in [-0.15, -0.1) is 11.3 Å². The fourth-order valence-electron chi connectivity index (χ4n) is 3.09. The lowest BCUT2D eigenvalue weighted by Crippen LogP contribution is -2.25. The highest BCUT2D eigenvalue weighted by Crippen LogP contribution is 2.35. The van der Waals surface area contributed by atoms with E-state index < -0.39 is 0 Å². The summed E-state index contributed by atoms with van der Waals surface area (Å²) in [6, 6.07) is 10.1. The predicted molar refractivity (Wildman–Crippen MR) is 118 cm³/mol. The standard InChI is InChI=1S/C21H18BrN3OS2/c22-18-11-16(13-27-18)28-19-12-24-21(17-6-1-2-8-23-17)20(25-19)15-5-3-4-14(10-15)7-9-26/h1,3-6,9-13,17,23H,2,7-8H2. The minimum absolute atomic E-state index is 0.0420. The van der Waals surface area contributed by atoms with E-state index in [1.807, 2.05) is 30.5 Å². The van der Waals surface area contributed by atoms with Gasteiger partial charge in [0.1, 0.15) is 11.3 Å². The lowest BCUT2D eigenvalue weighted by Gasteiger charge is -2.20. The third-order valence-corrected chi connectivity index (χ3v) is 6.89. The maximum atomic E-state index is 10.9. The average Bonchev–Trinajstić information content (AvgIpc) is 3.14. The topological polar surface area (TPSA) is 54.9 Å². The van der Waals surface area contributed by atoms with E-state index >= 15 is 0 Å². The second-order valence-electron chi connectivity index (χ2n) is 6.35. The summed E-state index contributed by atoms with van der Waals surface area (Å²) in [6.45, 7) is 0.924. The van der Waals surface area contributed by atoms with Crippen LogP contribution in [0, 0.1) is 0 Å². The van der Waals surface area contributed by atoms with Crippen LogP contribution in [0.1, 0.15) is 23.7 Å². The first-order valence-corrected chi connectivity index (χ1v) is 11.4. The van der Waals surface area contributed by atoms with Gasteiger partial charge >= 0.3 is 0 Å². The molecule has 0 aliphatic carbocycles. The molecular formula is C21H18BrN3OS2. The molecule has 1 aliphatic rings. The Kier molecular flexibility index (Phi) is 6.36. The first-order chi connectivity index (χ1) is 13.7. The summed E-state index contributed by atoms with van der Waals surface area (Å²) in [5.74, 6) is 0. The Morgan fingerprint density at radius 2 is 2.29 bits per heavy atom. The second kappa shape index (κ2) is 9.13. The molecule has 1 unspecified atom stereocenters. The summed E-state index contributed by atoms with van der Waals surface area (Å²) >= 11 is 6.76. The summed E-state index contributed by atoms with van der Waals surface area (Å²) in [4.78, 5) is 21.8. The van der Waals surface area contributed by atoms with E-state index in [4.69, 9.17) is 9.97 Å². The molecule has 0 spiro atoms. The highest BCUT2D eigenvalue weighted by molar-refractivity contribution is 9.11. The predicted octanol–water partition coefficient (Wildman–Crippen LogP) is 5.45. The minimum Gasteiger partial charge on any atom is -0.305 e. The Labute approximate surface area is 180 Å². The van der Waals surface area contributed by atoms with Crippen molar-refractivity contribution in [2.75, 3.05) is 6.54 Å². The molecule has 0 radical (unpaired) electrons. The maximum absolute atomic E-state index is 10.9. The number of nitrogens with one attached hydrogen (secondary N) is 1. The van der Waals surface area contributed by atoms with Crippen molar-refractivity contribution >= 4 is 45.3 Å². The Balaban J connectivity index is 1.76. The molecule has 0 fully saturated rings. The van der Waals surface area contributed by atoms with Crippen LogP contribution in [0.2, 0.25) is 0 Å². The largest absolute Gasteiger partial charge is 0.305 e. The van der Waals surface area contributed by atoms with E-state index in [0.717, 1.165) is 55.5 Å². The van der Waals surface area contributed by atoms with Crippen LogP contribution in [0.4, 0.5) is 0 Å². The maximum Gasteiger partial charge on any atom is 0.124 e. The van der Waals surface area contributed by atoms with Gasteiger partial charge in [-0.05, 0) is 46.6 Å². The van der Waals surface area contributed by atoms with Crippen LogP contribution < -0.4 is 5.32 Å². The summed E-state index contributed by atoms with van der Waals surface area (Å²) in [5.41, 5.74) is 3.73. The van der Waals surface area contributed by atoms with Crippen molar-refractivity contribution in [3.63, 3.8) is 0 Å². The Bertz CT molecular complexity index is 1020. The zero-order valence-corrected chi connectivity index (χ0v) is 18.2. The summed E-state index contributed by atoms with van der Waals surface area (Å²) in [6.07, 6.45) is 8.52. The van der Waals surface area contributed by atoms with Gasteiger partial charge in [0.2, 0.25) is 0 Å². The smallest absolute Gasteiger partial charge is 0.124 e. The average molecular weight is 472 g/mol. The van der Waals surface area contributed by atoms with Crippen LogP contribution in [0.15, 0.2) is 67.8 Å². The van der Waals surface area contributed by atoms with Crippen LogP contribution in [0.25, 0.3) is 11.3 Å². The van der Waals surface area contributed by atoms with Gasteiger partial charge in [-0.1, -0.05) is 42.1 Å². The van der Waals surface area contributed by atoms with Gasteiger partial charge in [-0.2, -0.15) is 0 Å². The van der Waals surface area contributed by atoms with Gasteiger partial charge in [0.15, 0.2) is 0 Å². The molecule has 0 bridgehead atoms. The van der Waals surface area contributed by atoms with Crippen molar-refractivity contribution in [3.05, 3.63) is 69.1 Å². The normalized spacial score (nSPS) is 16.2. The third kappa shape index (κ3) is 4.60. The Morgan fingerprint density at radius 1 is 1.36 bits per heavy atom. The summed E-state index contributed by atoms with van der Waals surface area (Å²) in [7, 11) is 0. The number of benzene rings is 1. The lowest BCUT2D eigenvalue weighted by atomic mass is 10.0. The van der Waals surface area contributed by atoms with Crippen LogP contribution in [-0.4, -0.2) is 22.8 Å². The second-order valence-corrected chi connectivity index (χ2v) is 9.73. The summed E-state index contributed by atoms with van der Waals surface area (Å²) < 4.78 is 1.10. The van der Waals surface area contributed by atoms with Gasteiger partial charge in [0.05, 0.1) is 27.4 Å². The van der Waals surface area contributed by atoms with Crippen molar-refractivity contribution in [2.45, 2.75) is 28.8 Å². The molecule has 3 heterocycles. The molecule has 142 valence electrons. The third-order valence-electron chi connectivity index (χ3n) is 4.36. The first kappa shape index (κ1) is 19.5. The number of thiophene rings is 1. The highest BCUT2D eigenvalue weighted by Gasteiger charge is 2.19. The van der Waals surface area contributed by atoms with E-state index in [0.29, 0.717) is 6.42 Å². The number of aldehydes is 1. The van der Waals surface area contributed by atoms with Crippen molar-refractivity contribution < 1.29 is 4.79 Å². The van der Waals surface area contributed by atoms with E-state index in [2.05, 4.69) is 44.8 Å². The molecule has 1 N–H and O–H groups in total. The van der Waals surface area contributed by atoms with Gasteiger partial charge in [-0.25, -0.2) is 4.98 Å². The fraction of sp³-hybridized carbons (Fsp3) is 0.190. The Morgan fingerprint density at radius 3 is 3.04 bits per heavy atom. The van der Waals surface area contributed by atoms with E-state index in [-0.39, 0.29) is 6.04 Å². The molecule has 28 heavy (non-hydrogen) atoms. The fourth-order valence-corrected chi connectivity index (χ4v) is 5.33. The van der Waals surface area contributed by atoms with E-state index in [9.17, 15) is 4.79 Å². The number of hydrogen-bond acceptors (Lipinski definition) is 6. The zero-order chi connectivity index (χ0) is 19.3. The number of aromatic nitrogens is 2. The van der Waals surface area contributed by atoms with Crippen molar-refractivity contribution in [1.29, 1.82) is 0 Å². The zero-order valence-electron chi connectivity index (χ0n) is 15.0. The number of carbonyl (C=O) groups is 1. The van der Waals surface area contributed by atoms with Crippen molar-refractivity contribution in [1.82, 2.24) is 15.3 Å². The van der Waals surface area contributed by atoms with Crippen molar-refractivity contribution in [2.24, 2.45) is 0 Å². The van der Waals surface area contributed by atoms with Gasteiger partial charge < -0.3 is 10.1 Å². The van der Waals surface area contributed by atoms with Crippen LogP contribution in [0.3, 0.4) is 0 Å². The molecule has 0 amide bonds. The number of rotatable bonds is 6. The minimum atomic E-state index is 0.0420. The number of nitrogens with zero attached hydrogens (tertiary/aromatic N) is 2. The van der Waals surface area contributed by atoms with E-state index in [1.54, 1.807) is 23.1 Å². The molecular weight excluding hydrogens is 454 g/mol. The molecule has 1 aromatic carbocycles. The number of carbonyl (C=O) groups excluding carboxylic acids is 1. The quantitative estimate of drug-likeness (QED) is 0.382. The van der Waals surface area contributed by atoms with Gasteiger partial charge in [-0.3, -0.25) is 4.98 Å². The molecule has 4 nitrogen and oxygen atoms in total. The highest BCUT2D eigenvalue weighted by atomic mass is 79.9. The van der Waals surface area contributed by atoms with E-state index in [1.165, 1.54) is 0 Å². The SMILES string of the molecule is O=CCc1cccc(-c2nc(Sc3csc(Br)c3)cnc2C2C=CCCN2)c1. The van der Waals surface area contributed by atoms with Crippen LogP contribution in [0.5, 0.6) is 0 Å². The molecule has 1 aliphatic heterocycles. The molecule has 4 rings (SSSR count).